The van der Waals surface area contributed by atoms with E-state index >= 15 is 0 Å². The zero-order valence-corrected chi connectivity index (χ0v) is 12.5. The first-order chi connectivity index (χ1) is 9.35. The predicted octanol–water partition coefficient (Wildman–Crippen LogP) is 1.62. The predicted molar refractivity (Wildman–Crippen MR) is 76.4 cm³/mol. The topological polar surface area (TPSA) is 69.6 Å². The fourth-order valence-corrected chi connectivity index (χ4v) is 3.03. The molecule has 2 aliphatic rings. The average Bonchev–Trinajstić information content (AvgIpc) is 3.10. The molecule has 1 saturated heterocycles. The quantitative estimate of drug-likeness (QED) is 0.776. The number of nitrogens with zero attached hydrogens (tertiary/aromatic N) is 1. The molecule has 1 aliphatic heterocycles. The summed E-state index contributed by atoms with van der Waals surface area (Å²) in [6.07, 6.45) is 5.01. The molecule has 2 fully saturated rings. The summed E-state index contributed by atoms with van der Waals surface area (Å²) in [5.74, 6) is -0.860. The van der Waals surface area contributed by atoms with E-state index in [1.165, 1.54) is 12.8 Å². The number of piperidine rings is 1. The normalized spacial score (nSPS) is 21.7. The number of aliphatic carboxylic acids is 1. The number of nitrogens with one attached hydrogen (secondary N) is 1. The molecule has 5 nitrogen and oxygen atoms in total. The van der Waals surface area contributed by atoms with Crippen molar-refractivity contribution in [3.63, 3.8) is 0 Å². The SMILES string of the molecule is CC(C)(CC(=O)O)CC(=O)NC1CCN(C2CC2)CC1. The molecule has 0 aromatic heterocycles. The van der Waals surface area contributed by atoms with Crippen molar-refractivity contribution in [2.75, 3.05) is 13.1 Å². The molecule has 1 saturated carbocycles. The van der Waals surface area contributed by atoms with Gasteiger partial charge in [-0.15, -0.1) is 0 Å². The average molecular weight is 282 g/mol. The molecule has 5 heteroatoms. The van der Waals surface area contributed by atoms with Crippen molar-refractivity contribution in [2.24, 2.45) is 5.41 Å². The number of carboxylic acid groups (broad SMARTS) is 1. The highest BCUT2D eigenvalue weighted by atomic mass is 16.4. The van der Waals surface area contributed by atoms with Crippen molar-refractivity contribution < 1.29 is 14.7 Å². The molecule has 114 valence electrons. The second-order valence-electron chi connectivity index (χ2n) is 7.02. The van der Waals surface area contributed by atoms with Gasteiger partial charge in [-0.1, -0.05) is 13.8 Å². The number of hydrogen-bond donors (Lipinski definition) is 2. The van der Waals surface area contributed by atoms with E-state index in [-0.39, 0.29) is 24.8 Å². The van der Waals surface area contributed by atoms with E-state index in [1.54, 1.807) is 0 Å². The summed E-state index contributed by atoms with van der Waals surface area (Å²) in [4.78, 5) is 25.3. The first-order valence-electron chi connectivity index (χ1n) is 7.61. The Morgan fingerprint density at radius 1 is 1.15 bits per heavy atom. The smallest absolute Gasteiger partial charge is 0.303 e. The maximum atomic E-state index is 12.0. The van der Waals surface area contributed by atoms with Crippen molar-refractivity contribution in [2.45, 2.75) is 64.5 Å². The summed E-state index contributed by atoms with van der Waals surface area (Å²) in [7, 11) is 0. The van der Waals surface area contributed by atoms with Gasteiger partial charge in [-0.05, 0) is 31.1 Å². The number of carbonyl (C=O) groups excluding carboxylic acids is 1. The molecule has 0 aromatic rings. The van der Waals surface area contributed by atoms with Crippen LogP contribution in [0.15, 0.2) is 0 Å². The third-order valence-corrected chi connectivity index (χ3v) is 4.23. The second kappa shape index (κ2) is 6.12. The summed E-state index contributed by atoms with van der Waals surface area (Å²) in [5.41, 5.74) is -0.482. The molecule has 20 heavy (non-hydrogen) atoms. The number of carboxylic acids is 1. The Bertz CT molecular complexity index is 369. The van der Waals surface area contributed by atoms with Crippen LogP contribution < -0.4 is 5.32 Å². The van der Waals surface area contributed by atoms with E-state index in [2.05, 4.69) is 10.2 Å². The van der Waals surface area contributed by atoms with Crippen LogP contribution in [0, 0.1) is 5.41 Å². The number of rotatable bonds is 6. The lowest BCUT2D eigenvalue weighted by Crippen LogP contribution is -2.46. The maximum Gasteiger partial charge on any atom is 0.303 e. The van der Waals surface area contributed by atoms with Gasteiger partial charge < -0.3 is 15.3 Å². The van der Waals surface area contributed by atoms with E-state index < -0.39 is 11.4 Å². The monoisotopic (exact) mass is 282 g/mol. The van der Waals surface area contributed by atoms with Gasteiger partial charge in [0.2, 0.25) is 5.91 Å². The fourth-order valence-electron chi connectivity index (χ4n) is 3.03. The molecule has 2 N–H and O–H groups in total. The highest BCUT2D eigenvalue weighted by Crippen LogP contribution is 2.29. The van der Waals surface area contributed by atoms with Gasteiger partial charge in [0.1, 0.15) is 0 Å². The first kappa shape index (κ1) is 15.3. The lowest BCUT2D eigenvalue weighted by atomic mass is 9.85. The lowest BCUT2D eigenvalue weighted by Gasteiger charge is -2.33. The minimum Gasteiger partial charge on any atom is -0.481 e. The molecule has 0 aromatic carbocycles. The maximum absolute atomic E-state index is 12.0. The van der Waals surface area contributed by atoms with E-state index in [9.17, 15) is 9.59 Å². The molecule has 0 unspecified atom stereocenters. The summed E-state index contributed by atoms with van der Waals surface area (Å²) in [6, 6.07) is 1.07. The van der Waals surface area contributed by atoms with Crippen LogP contribution in [-0.4, -0.2) is 47.1 Å². The van der Waals surface area contributed by atoms with Crippen LogP contribution in [0.5, 0.6) is 0 Å². The van der Waals surface area contributed by atoms with Gasteiger partial charge in [0.25, 0.3) is 0 Å². The molecule has 0 atom stereocenters. The van der Waals surface area contributed by atoms with Gasteiger partial charge in [-0.25, -0.2) is 0 Å². The summed E-state index contributed by atoms with van der Waals surface area (Å²) < 4.78 is 0. The van der Waals surface area contributed by atoms with Crippen molar-refractivity contribution in [3.05, 3.63) is 0 Å². The third-order valence-electron chi connectivity index (χ3n) is 4.23. The van der Waals surface area contributed by atoms with Crippen molar-refractivity contribution in [3.8, 4) is 0 Å². The van der Waals surface area contributed by atoms with Crippen LogP contribution >= 0.6 is 0 Å². The van der Waals surface area contributed by atoms with E-state index in [1.807, 2.05) is 13.8 Å². The van der Waals surface area contributed by atoms with Gasteiger partial charge in [-0.3, -0.25) is 9.59 Å². The minimum atomic E-state index is -0.847. The number of carbonyl (C=O) groups is 2. The van der Waals surface area contributed by atoms with Gasteiger partial charge in [0.15, 0.2) is 0 Å². The van der Waals surface area contributed by atoms with Gasteiger partial charge in [0.05, 0.1) is 6.42 Å². The molecular formula is C15H26N2O3. The Morgan fingerprint density at radius 3 is 2.25 bits per heavy atom. The van der Waals surface area contributed by atoms with Crippen LogP contribution in [0.2, 0.25) is 0 Å². The number of amides is 1. The van der Waals surface area contributed by atoms with Crippen molar-refractivity contribution >= 4 is 11.9 Å². The van der Waals surface area contributed by atoms with Crippen LogP contribution in [0.1, 0.15) is 52.4 Å². The number of likely N-dealkylation sites (tertiary alicyclic amines) is 1. The molecule has 0 spiro atoms. The Kier molecular flexibility index (Phi) is 4.68. The molecule has 1 heterocycles. The summed E-state index contributed by atoms with van der Waals surface area (Å²) >= 11 is 0. The fraction of sp³-hybridized carbons (Fsp3) is 0.867. The van der Waals surface area contributed by atoms with Crippen molar-refractivity contribution in [1.29, 1.82) is 0 Å². The van der Waals surface area contributed by atoms with Crippen LogP contribution in [0.3, 0.4) is 0 Å². The molecule has 1 aliphatic carbocycles. The Hall–Kier alpha value is -1.10. The first-order valence-corrected chi connectivity index (χ1v) is 7.61. The van der Waals surface area contributed by atoms with Crippen molar-refractivity contribution in [1.82, 2.24) is 10.2 Å². The molecule has 0 bridgehead atoms. The zero-order valence-electron chi connectivity index (χ0n) is 12.5. The minimum absolute atomic E-state index is 0.0129. The van der Waals surface area contributed by atoms with E-state index in [4.69, 9.17) is 5.11 Å². The van der Waals surface area contributed by atoms with Gasteiger partial charge >= 0.3 is 5.97 Å². The third kappa shape index (κ3) is 4.78. The highest BCUT2D eigenvalue weighted by Gasteiger charge is 2.32. The second-order valence-corrected chi connectivity index (χ2v) is 7.02. The van der Waals surface area contributed by atoms with E-state index in [0.29, 0.717) is 0 Å². The molecule has 0 radical (unpaired) electrons. The van der Waals surface area contributed by atoms with Gasteiger partial charge in [-0.2, -0.15) is 0 Å². The van der Waals surface area contributed by atoms with Crippen LogP contribution in [-0.2, 0) is 9.59 Å². The summed E-state index contributed by atoms with van der Waals surface area (Å²) in [5, 5.41) is 11.9. The molecule has 2 rings (SSSR count). The number of hydrogen-bond acceptors (Lipinski definition) is 3. The van der Waals surface area contributed by atoms with Gasteiger partial charge in [0, 0.05) is 31.6 Å². The van der Waals surface area contributed by atoms with Crippen LogP contribution in [0.4, 0.5) is 0 Å². The lowest BCUT2D eigenvalue weighted by molar-refractivity contribution is -0.139. The Balaban J connectivity index is 1.70. The molecule has 1 amide bonds. The largest absolute Gasteiger partial charge is 0.481 e. The van der Waals surface area contributed by atoms with Crippen LogP contribution in [0.25, 0.3) is 0 Å². The standard InChI is InChI=1S/C15H26N2O3/c1-15(2,10-14(19)20)9-13(18)16-11-5-7-17(8-6-11)12-3-4-12/h11-12H,3-10H2,1-2H3,(H,16,18)(H,19,20). The summed E-state index contributed by atoms with van der Waals surface area (Å²) in [6.45, 7) is 5.81. The van der Waals surface area contributed by atoms with E-state index in [0.717, 1.165) is 32.0 Å². The Morgan fingerprint density at radius 2 is 1.75 bits per heavy atom. The molecular weight excluding hydrogens is 256 g/mol. The highest BCUT2D eigenvalue weighted by molar-refractivity contribution is 5.78. The zero-order chi connectivity index (χ0) is 14.8. The Labute approximate surface area is 120 Å².